The van der Waals surface area contributed by atoms with Crippen molar-refractivity contribution in [3.8, 4) is 11.4 Å². The van der Waals surface area contributed by atoms with Crippen LogP contribution in [0.25, 0.3) is 11.4 Å². The van der Waals surface area contributed by atoms with Crippen molar-refractivity contribution in [2.45, 2.75) is 25.4 Å². The molecule has 1 N–H and O–H groups in total. The van der Waals surface area contributed by atoms with Gasteiger partial charge in [-0.2, -0.15) is 16.1 Å². The Morgan fingerprint density at radius 2 is 2.33 bits per heavy atom. The fraction of sp³-hybridized carbons (Fsp3) is 0.417. The molecule has 21 heavy (non-hydrogen) atoms. The molecule has 0 aromatic carbocycles. The number of amides is 1. The molecular formula is C12H13N5O3S. The number of likely N-dealkylation sites (tertiary alicyclic amines) is 1. The first-order valence-electron chi connectivity index (χ1n) is 6.48. The Bertz CT molecular complexity index is 654. The van der Waals surface area contributed by atoms with E-state index < -0.39 is 12.0 Å². The normalized spacial score (nSPS) is 18.1. The van der Waals surface area contributed by atoms with E-state index in [1.807, 2.05) is 16.8 Å². The first-order chi connectivity index (χ1) is 10.1. The topological polar surface area (TPSA) is 101 Å². The summed E-state index contributed by atoms with van der Waals surface area (Å²) in [7, 11) is 0. The lowest BCUT2D eigenvalue weighted by Gasteiger charge is -2.20. The molecule has 8 nitrogen and oxygen atoms in total. The number of aliphatic carboxylic acids is 1. The number of carboxylic acids is 1. The Labute approximate surface area is 124 Å². The van der Waals surface area contributed by atoms with Gasteiger partial charge < -0.3 is 10.0 Å². The summed E-state index contributed by atoms with van der Waals surface area (Å²) in [4.78, 5) is 25.8. The van der Waals surface area contributed by atoms with E-state index in [9.17, 15) is 9.59 Å². The van der Waals surface area contributed by atoms with E-state index in [0.717, 1.165) is 5.56 Å². The molecule has 1 fully saturated rings. The maximum Gasteiger partial charge on any atom is 0.326 e. The van der Waals surface area contributed by atoms with E-state index in [0.29, 0.717) is 25.2 Å². The highest BCUT2D eigenvalue weighted by Crippen LogP contribution is 2.19. The zero-order valence-electron chi connectivity index (χ0n) is 11.0. The molecule has 1 amide bonds. The largest absolute Gasteiger partial charge is 0.480 e. The molecular weight excluding hydrogens is 294 g/mol. The molecule has 1 aliphatic heterocycles. The standard InChI is InChI=1S/C12H13N5O3S/c18-10(16-4-1-2-9(16)12(19)20)6-17-14-11(13-15-17)8-3-5-21-7-8/h3,5,7,9H,1-2,4,6H2,(H,19,20). The highest BCUT2D eigenvalue weighted by molar-refractivity contribution is 7.08. The van der Waals surface area contributed by atoms with Crippen LogP contribution >= 0.6 is 11.3 Å². The van der Waals surface area contributed by atoms with Crippen LogP contribution in [-0.2, 0) is 16.1 Å². The maximum atomic E-state index is 12.2. The molecule has 9 heteroatoms. The number of aromatic nitrogens is 4. The van der Waals surface area contributed by atoms with Crippen molar-refractivity contribution in [3.05, 3.63) is 16.8 Å². The highest BCUT2D eigenvalue weighted by atomic mass is 32.1. The number of carbonyl (C=O) groups excluding carboxylic acids is 1. The molecule has 2 aromatic heterocycles. The molecule has 0 saturated carbocycles. The van der Waals surface area contributed by atoms with Gasteiger partial charge in [0.1, 0.15) is 12.6 Å². The molecule has 1 saturated heterocycles. The molecule has 3 heterocycles. The second-order valence-corrected chi connectivity index (χ2v) is 5.52. The number of carboxylic acid groups (broad SMARTS) is 1. The van der Waals surface area contributed by atoms with Gasteiger partial charge in [0.15, 0.2) is 0 Å². The third-order valence-electron chi connectivity index (χ3n) is 3.37. The van der Waals surface area contributed by atoms with Crippen molar-refractivity contribution < 1.29 is 14.7 Å². The molecule has 110 valence electrons. The second-order valence-electron chi connectivity index (χ2n) is 4.74. The van der Waals surface area contributed by atoms with Gasteiger partial charge in [-0.05, 0) is 29.5 Å². The lowest BCUT2D eigenvalue weighted by molar-refractivity contribution is -0.148. The number of carbonyl (C=O) groups is 2. The summed E-state index contributed by atoms with van der Waals surface area (Å²) >= 11 is 1.52. The zero-order valence-corrected chi connectivity index (χ0v) is 11.9. The minimum Gasteiger partial charge on any atom is -0.480 e. The van der Waals surface area contributed by atoms with Crippen LogP contribution in [0.3, 0.4) is 0 Å². The molecule has 0 radical (unpaired) electrons. The van der Waals surface area contributed by atoms with Crippen molar-refractivity contribution in [2.24, 2.45) is 0 Å². The van der Waals surface area contributed by atoms with Gasteiger partial charge in [-0.3, -0.25) is 4.79 Å². The number of thiophene rings is 1. The Balaban J connectivity index is 1.69. The molecule has 1 aliphatic rings. The second kappa shape index (κ2) is 5.60. The van der Waals surface area contributed by atoms with E-state index >= 15 is 0 Å². The van der Waals surface area contributed by atoms with Gasteiger partial charge in [-0.1, -0.05) is 0 Å². The Morgan fingerprint density at radius 1 is 1.48 bits per heavy atom. The number of tetrazole rings is 1. The van der Waals surface area contributed by atoms with Gasteiger partial charge in [0.25, 0.3) is 0 Å². The summed E-state index contributed by atoms with van der Waals surface area (Å²) < 4.78 is 0. The van der Waals surface area contributed by atoms with Gasteiger partial charge >= 0.3 is 5.97 Å². The average Bonchev–Trinajstić information content (AvgIpc) is 3.19. The lowest BCUT2D eigenvalue weighted by atomic mass is 10.2. The molecule has 2 aromatic rings. The fourth-order valence-corrected chi connectivity index (χ4v) is 2.99. The van der Waals surface area contributed by atoms with Crippen LogP contribution in [0.4, 0.5) is 0 Å². The van der Waals surface area contributed by atoms with Crippen molar-refractivity contribution in [1.82, 2.24) is 25.1 Å². The summed E-state index contributed by atoms with van der Waals surface area (Å²) in [6, 6.07) is 1.13. The summed E-state index contributed by atoms with van der Waals surface area (Å²) in [6.45, 7) is 0.364. The molecule has 0 aliphatic carbocycles. The minimum atomic E-state index is -0.966. The predicted octanol–water partition coefficient (Wildman–Crippen LogP) is 0.477. The molecule has 0 bridgehead atoms. The van der Waals surface area contributed by atoms with Crippen molar-refractivity contribution in [3.63, 3.8) is 0 Å². The quantitative estimate of drug-likeness (QED) is 0.881. The van der Waals surface area contributed by atoms with Gasteiger partial charge in [-0.25, -0.2) is 4.79 Å². The van der Waals surface area contributed by atoms with E-state index in [2.05, 4.69) is 15.4 Å². The number of nitrogens with zero attached hydrogens (tertiary/aromatic N) is 5. The Morgan fingerprint density at radius 3 is 3.05 bits per heavy atom. The van der Waals surface area contributed by atoms with E-state index in [1.54, 1.807) is 0 Å². The van der Waals surface area contributed by atoms with Crippen molar-refractivity contribution >= 4 is 23.2 Å². The molecule has 1 atom stereocenters. The summed E-state index contributed by atoms with van der Waals surface area (Å²) in [5.41, 5.74) is 0.850. The van der Waals surface area contributed by atoms with Crippen LogP contribution in [-0.4, -0.2) is 54.7 Å². The van der Waals surface area contributed by atoms with Gasteiger partial charge in [-0.15, -0.1) is 10.2 Å². The minimum absolute atomic E-state index is 0.0963. The number of rotatable bonds is 4. The summed E-state index contributed by atoms with van der Waals surface area (Å²) in [5, 5.41) is 24.8. The van der Waals surface area contributed by atoms with Crippen LogP contribution in [0.1, 0.15) is 12.8 Å². The first-order valence-corrected chi connectivity index (χ1v) is 7.42. The Hall–Kier alpha value is -2.29. The monoisotopic (exact) mass is 307 g/mol. The van der Waals surface area contributed by atoms with Crippen molar-refractivity contribution in [1.29, 1.82) is 0 Å². The van der Waals surface area contributed by atoms with Crippen LogP contribution < -0.4 is 0 Å². The third-order valence-corrected chi connectivity index (χ3v) is 4.05. The maximum absolute atomic E-state index is 12.2. The summed E-state index contributed by atoms with van der Waals surface area (Å²) in [5.74, 6) is -0.805. The predicted molar refractivity (Wildman–Crippen MR) is 73.5 cm³/mol. The highest BCUT2D eigenvalue weighted by Gasteiger charge is 2.34. The zero-order chi connectivity index (χ0) is 14.8. The summed E-state index contributed by atoms with van der Waals surface area (Å²) in [6.07, 6.45) is 1.19. The van der Waals surface area contributed by atoms with Crippen LogP contribution in [0.5, 0.6) is 0 Å². The van der Waals surface area contributed by atoms with Gasteiger partial charge in [0, 0.05) is 17.5 Å². The van der Waals surface area contributed by atoms with E-state index in [4.69, 9.17) is 5.11 Å². The number of hydrogen-bond donors (Lipinski definition) is 1. The smallest absolute Gasteiger partial charge is 0.326 e. The lowest BCUT2D eigenvalue weighted by Crippen LogP contribution is -2.42. The average molecular weight is 307 g/mol. The van der Waals surface area contributed by atoms with Crippen molar-refractivity contribution in [2.75, 3.05) is 6.54 Å². The van der Waals surface area contributed by atoms with Crippen LogP contribution in [0.2, 0.25) is 0 Å². The fourth-order valence-electron chi connectivity index (χ4n) is 2.35. The van der Waals surface area contributed by atoms with Crippen LogP contribution in [0, 0.1) is 0 Å². The number of hydrogen-bond acceptors (Lipinski definition) is 6. The van der Waals surface area contributed by atoms with E-state index in [-0.39, 0.29) is 12.5 Å². The first kappa shape index (κ1) is 13.7. The molecule has 3 rings (SSSR count). The van der Waals surface area contributed by atoms with Crippen LogP contribution in [0.15, 0.2) is 16.8 Å². The molecule has 1 unspecified atom stereocenters. The third kappa shape index (κ3) is 2.77. The Kier molecular flexibility index (Phi) is 3.65. The SMILES string of the molecule is O=C(O)C1CCCN1C(=O)Cn1nnc(-c2ccsc2)n1. The molecule has 0 spiro atoms. The van der Waals surface area contributed by atoms with Gasteiger partial charge in [0.2, 0.25) is 11.7 Å². The van der Waals surface area contributed by atoms with Gasteiger partial charge in [0.05, 0.1) is 0 Å². The van der Waals surface area contributed by atoms with E-state index in [1.165, 1.54) is 21.0 Å².